The number of nitrogens with zero attached hydrogens (tertiary/aromatic N) is 4. The Bertz CT molecular complexity index is 2110. The maximum atomic E-state index is 6.44. The molecule has 0 aliphatic heterocycles. The van der Waals surface area contributed by atoms with Crippen LogP contribution in [0.15, 0.2) is 103 Å². The number of aromatic nitrogens is 4. The standard InChI is InChI=1S/C39H34N4O.Pt/c1-5-34-39(28-12-7-6-8-13-28)37(22-26(2)3)43(41-34)29-14-11-15-30(24-29)44-31-18-19-33-32-16-9-10-17-35(32)42(36(33)25-31)38-23-27(4)20-21-40-38;/h6-21,23,26H,5,22H2,1-4H3;/q-2;+2. The maximum Gasteiger partial charge on any atom is 2.00 e. The molecule has 0 N–H and O–H groups in total. The van der Waals surface area contributed by atoms with E-state index >= 15 is 0 Å². The van der Waals surface area contributed by atoms with Crippen LogP contribution in [0.25, 0.3) is 44.4 Å². The van der Waals surface area contributed by atoms with Gasteiger partial charge in [-0.2, -0.15) is 17.2 Å². The van der Waals surface area contributed by atoms with E-state index in [0.29, 0.717) is 17.4 Å². The molecule has 0 unspecified atom stereocenters. The Morgan fingerprint density at radius 3 is 2.38 bits per heavy atom. The summed E-state index contributed by atoms with van der Waals surface area (Å²) in [5.41, 5.74) is 8.70. The minimum atomic E-state index is 0. The summed E-state index contributed by atoms with van der Waals surface area (Å²) in [6.45, 7) is 8.74. The Balaban J connectivity index is 0.00000357. The normalized spacial score (nSPS) is 11.3. The van der Waals surface area contributed by atoms with Crippen molar-refractivity contribution in [1.82, 2.24) is 19.3 Å². The molecule has 0 radical (unpaired) electrons. The molecular formula is C39H34N4OPt. The van der Waals surface area contributed by atoms with Gasteiger partial charge in [-0.1, -0.05) is 74.8 Å². The van der Waals surface area contributed by atoms with Crippen molar-refractivity contribution in [3.05, 3.63) is 132 Å². The summed E-state index contributed by atoms with van der Waals surface area (Å²) in [6, 6.07) is 40.2. The molecule has 0 aliphatic carbocycles. The molecule has 0 spiro atoms. The van der Waals surface area contributed by atoms with Gasteiger partial charge in [0.1, 0.15) is 5.82 Å². The fourth-order valence-corrected chi connectivity index (χ4v) is 6.02. The van der Waals surface area contributed by atoms with Crippen LogP contribution in [0.5, 0.6) is 11.5 Å². The largest absolute Gasteiger partial charge is 2.00 e. The van der Waals surface area contributed by atoms with Gasteiger partial charge in [-0.3, -0.25) is 4.68 Å². The minimum absolute atomic E-state index is 0. The number of ether oxygens (including phenoxy) is 1. The van der Waals surface area contributed by atoms with Crippen LogP contribution in [0.3, 0.4) is 0 Å². The first kappa shape index (κ1) is 30.6. The first-order valence-electron chi connectivity index (χ1n) is 15.3. The van der Waals surface area contributed by atoms with Gasteiger partial charge in [0.05, 0.1) is 11.4 Å². The Morgan fingerprint density at radius 2 is 1.60 bits per heavy atom. The fraction of sp³-hybridized carbons (Fsp3) is 0.179. The van der Waals surface area contributed by atoms with Crippen molar-refractivity contribution in [2.45, 2.75) is 40.5 Å². The van der Waals surface area contributed by atoms with Crippen molar-refractivity contribution in [3.8, 4) is 34.1 Å². The molecule has 0 amide bonds. The van der Waals surface area contributed by atoms with E-state index in [-0.39, 0.29) is 21.1 Å². The van der Waals surface area contributed by atoms with E-state index in [9.17, 15) is 0 Å². The zero-order chi connectivity index (χ0) is 30.2. The number of benzene rings is 4. The van der Waals surface area contributed by atoms with Gasteiger partial charge in [0.25, 0.3) is 0 Å². The predicted molar refractivity (Wildman–Crippen MR) is 178 cm³/mol. The minimum Gasteiger partial charge on any atom is -0.509 e. The van der Waals surface area contributed by atoms with Crippen molar-refractivity contribution >= 4 is 21.8 Å². The van der Waals surface area contributed by atoms with Crippen LogP contribution in [0.1, 0.15) is 37.7 Å². The Morgan fingerprint density at radius 1 is 0.822 bits per heavy atom. The average molecular weight is 770 g/mol. The average Bonchev–Trinajstić information content (AvgIpc) is 3.56. The summed E-state index contributed by atoms with van der Waals surface area (Å²) in [4.78, 5) is 4.69. The molecule has 0 fully saturated rings. The van der Waals surface area contributed by atoms with Crippen LogP contribution in [0, 0.1) is 25.0 Å². The van der Waals surface area contributed by atoms with Gasteiger partial charge >= 0.3 is 21.1 Å². The second kappa shape index (κ2) is 12.9. The molecule has 3 heterocycles. The fourth-order valence-electron chi connectivity index (χ4n) is 6.02. The summed E-state index contributed by atoms with van der Waals surface area (Å²) >= 11 is 0. The van der Waals surface area contributed by atoms with Crippen LogP contribution < -0.4 is 4.74 Å². The van der Waals surface area contributed by atoms with Crippen LogP contribution >= 0.6 is 0 Å². The van der Waals surface area contributed by atoms with Gasteiger partial charge in [0.2, 0.25) is 0 Å². The van der Waals surface area contributed by atoms with Crippen LogP contribution in [-0.2, 0) is 33.9 Å². The molecule has 0 aliphatic rings. The van der Waals surface area contributed by atoms with Gasteiger partial charge in [0, 0.05) is 28.8 Å². The molecule has 5 nitrogen and oxygen atoms in total. The van der Waals surface area contributed by atoms with Crippen molar-refractivity contribution in [3.63, 3.8) is 0 Å². The molecule has 226 valence electrons. The van der Waals surface area contributed by atoms with E-state index < -0.39 is 0 Å². The number of rotatable bonds is 8. The number of fused-ring (bicyclic) bond motifs is 3. The summed E-state index contributed by atoms with van der Waals surface area (Å²) < 4.78 is 10.7. The number of aryl methyl sites for hydroxylation is 2. The number of pyridine rings is 1. The molecule has 0 saturated carbocycles. The molecule has 7 aromatic rings. The maximum absolute atomic E-state index is 6.44. The van der Waals surface area contributed by atoms with Crippen molar-refractivity contribution < 1.29 is 25.8 Å². The first-order chi connectivity index (χ1) is 21.5. The van der Waals surface area contributed by atoms with Gasteiger partial charge in [-0.05, 0) is 66.1 Å². The smallest absolute Gasteiger partial charge is 0.509 e. The molecule has 0 atom stereocenters. The summed E-state index contributed by atoms with van der Waals surface area (Å²) in [6.07, 6.45) is 3.59. The van der Waals surface area contributed by atoms with Gasteiger partial charge < -0.3 is 9.30 Å². The van der Waals surface area contributed by atoms with Crippen LogP contribution in [0.2, 0.25) is 0 Å². The van der Waals surface area contributed by atoms with Crippen LogP contribution in [0.4, 0.5) is 0 Å². The van der Waals surface area contributed by atoms with Crippen LogP contribution in [-0.4, -0.2) is 19.3 Å². The quantitative estimate of drug-likeness (QED) is 0.145. The molecular weight excluding hydrogens is 736 g/mol. The second-order valence-electron chi connectivity index (χ2n) is 11.6. The SMILES string of the molecule is CCc1nn(-c2[c-]c(Oc3[c-]c4c(cc3)c3ccccc3n4-c3cc(C)ccn3)ccc2)c(CC(C)C)c1-c1ccccc1.[Pt+2]. The van der Waals surface area contributed by atoms with E-state index in [1.165, 1.54) is 16.8 Å². The second-order valence-corrected chi connectivity index (χ2v) is 11.6. The van der Waals surface area contributed by atoms with E-state index in [1.807, 2.05) is 36.5 Å². The molecule has 4 aromatic carbocycles. The molecule has 0 saturated heterocycles. The zero-order valence-electron chi connectivity index (χ0n) is 25.8. The molecule has 3 aromatic heterocycles. The third kappa shape index (κ3) is 5.85. The predicted octanol–water partition coefficient (Wildman–Crippen LogP) is 9.49. The Kier molecular flexibility index (Phi) is 8.74. The summed E-state index contributed by atoms with van der Waals surface area (Å²) in [7, 11) is 0. The van der Waals surface area contributed by atoms with Crippen molar-refractivity contribution in [2.24, 2.45) is 5.92 Å². The Hall–Kier alpha value is -4.47. The third-order valence-corrected chi connectivity index (χ3v) is 7.94. The number of hydrogen-bond donors (Lipinski definition) is 0. The van der Waals surface area contributed by atoms with Gasteiger partial charge in [-0.15, -0.1) is 35.7 Å². The monoisotopic (exact) mass is 769 g/mol. The van der Waals surface area contributed by atoms with E-state index in [2.05, 4.69) is 116 Å². The summed E-state index contributed by atoms with van der Waals surface area (Å²) in [5, 5.41) is 7.36. The van der Waals surface area contributed by atoms with E-state index in [0.717, 1.165) is 57.4 Å². The molecule has 45 heavy (non-hydrogen) atoms. The van der Waals surface area contributed by atoms with Crippen molar-refractivity contribution in [1.29, 1.82) is 0 Å². The molecule has 6 heteroatoms. The first-order valence-corrected chi connectivity index (χ1v) is 15.3. The van der Waals surface area contributed by atoms with E-state index in [4.69, 9.17) is 14.8 Å². The molecule has 0 bridgehead atoms. The topological polar surface area (TPSA) is 44.9 Å². The van der Waals surface area contributed by atoms with Crippen molar-refractivity contribution in [2.75, 3.05) is 0 Å². The van der Waals surface area contributed by atoms with Gasteiger partial charge in [0.15, 0.2) is 0 Å². The zero-order valence-corrected chi connectivity index (χ0v) is 28.1. The third-order valence-electron chi connectivity index (χ3n) is 7.94. The van der Waals surface area contributed by atoms with E-state index in [1.54, 1.807) is 0 Å². The summed E-state index contributed by atoms with van der Waals surface area (Å²) in [5.74, 6) is 2.55. The molecule has 7 rings (SSSR count). The Labute approximate surface area is 278 Å². The number of hydrogen-bond acceptors (Lipinski definition) is 3. The van der Waals surface area contributed by atoms with Gasteiger partial charge in [-0.25, -0.2) is 4.98 Å². The number of para-hydroxylation sites is 1.